The number of nitrogens with one attached hydrogen (secondary N) is 2. The average Bonchev–Trinajstić information content (AvgIpc) is 3.08. The third kappa shape index (κ3) is 3.79. The third-order valence-corrected chi connectivity index (χ3v) is 3.42. The smallest absolute Gasteiger partial charge is 0.254 e. The van der Waals surface area contributed by atoms with Gasteiger partial charge in [-0.2, -0.15) is 0 Å². The predicted octanol–water partition coefficient (Wildman–Crippen LogP) is 3.06. The lowest BCUT2D eigenvalue weighted by Crippen LogP contribution is -2.27. The first-order valence-electron chi connectivity index (χ1n) is 6.33. The Balaban J connectivity index is 1.90. The van der Waals surface area contributed by atoms with Gasteiger partial charge in [0.1, 0.15) is 6.10 Å². The number of aromatic amines is 1. The van der Waals surface area contributed by atoms with Gasteiger partial charge in [-0.15, -0.1) is 17.9 Å². The Labute approximate surface area is 121 Å². The van der Waals surface area contributed by atoms with Gasteiger partial charge in [0.25, 0.3) is 5.91 Å². The second kappa shape index (κ2) is 7.02. The molecule has 0 saturated carbocycles. The predicted molar refractivity (Wildman–Crippen MR) is 80.8 cm³/mol. The topological polar surface area (TPSA) is 67.0 Å². The number of thiazole rings is 1. The molecule has 2 heterocycles. The lowest BCUT2D eigenvalue weighted by molar-refractivity contribution is -0.126. The van der Waals surface area contributed by atoms with E-state index in [9.17, 15) is 4.79 Å². The van der Waals surface area contributed by atoms with Crippen LogP contribution in [0.2, 0.25) is 0 Å². The average molecular weight is 291 g/mol. The molecular formula is C14H17N3O2S. The number of hydrogen-bond acceptors (Lipinski definition) is 4. The fourth-order valence-corrected chi connectivity index (χ4v) is 2.27. The van der Waals surface area contributed by atoms with Crippen molar-refractivity contribution in [3.05, 3.63) is 36.4 Å². The summed E-state index contributed by atoms with van der Waals surface area (Å²) in [5.74, 6) is -0.193. The molecule has 0 bridgehead atoms. The molecule has 2 aromatic rings. The van der Waals surface area contributed by atoms with Crippen LogP contribution in [0, 0.1) is 0 Å². The largest absolute Gasteiger partial charge is 0.368 e. The Bertz CT molecular complexity index is 563. The molecule has 0 unspecified atom stereocenters. The van der Waals surface area contributed by atoms with Gasteiger partial charge < -0.3 is 9.72 Å². The Hall–Kier alpha value is -1.92. The number of H-pyrrole nitrogens is 1. The molecule has 2 rings (SSSR count). The maximum atomic E-state index is 11.9. The van der Waals surface area contributed by atoms with E-state index in [1.54, 1.807) is 13.0 Å². The molecule has 0 aliphatic rings. The highest BCUT2D eigenvalue weighted by molar-refractivity contribution is 7.14. The molecule has 1 atom stereocenters. The van der Waals surface area contributed by atoms with Crippen molar-refractivity contribution in [2.45, 2.75) is 19.4 Å². The van der Waals surface area contributed by atoms with Gasteiger partial charge >= 0.3 is 0 Å². The number of carbonyl (C=O) groups is 1. The van der Waals surface area contributed by atoms with Crippen LogP contribution in [-0.4, -0.2) is 28.6 Å². The minimum absolute atomic E-state index is 0.193. The first-order valence-corrected chi connectivity index (χ1v) is 7.21. The van der Waals surface area contributed by atoms with Gasteiger partial charge in [0, 0.05) is 11.6 Å². The fourth-order valence-electron chi connectivity index (χ4n) is 1.56. The number of nitrogens with zero attached hydrogens (tertiary/aromatic N) is 1. The summed E-state index contributed by atoms with van der Waals surface area (Å²) in [7, 11) is 0. The minimum Gasteiger partial charge on any atom is -0.368 e. The van der Waals surface area contributed by atoms with Gasteiger partial charge in [-0.25, -0.2) is 4.98 Å². The summed E-state index contributed by atoms with van der Waals surface area (Å²) in [5, 5.41) is 5.22. The van der Waals surface area contributed by atoms with E-state index in [1.165, 1.54) is 11.3 Å². The molecule has 0 spiro atoms. The van der Waals surface area contributed by atoms with E-state index < -0.39 is 6.10 Å². The van der Waals surface area contributed by atoms with Gasteiger partial charge in [-0.3, -0.25) is 10.1 Å². The van der Waals surface area contributed by atoms with Crippen LogP contribution in [0.3, 0.4) is 0 Å². The molecule has 0 aliphatic heterocycles. The van der Waals surface area contributed by atoms with Crippen LogP contribution >= 0.6 is 11.3 Å². The highest BCUT2D eigenvalue weighted by Crippen LogP contribution is 2.23. The zero-order valence-corrected chi connectivity index (χ0v) is 12.1. The van der Waals surface area contributed by atoms with Crippen molar-refractivity contribution < 1.29 is 9.53 Å². The number of amides is 1. The van der Waals surface area contributed by atoms with Crippen molar-refractivity contribution in [2.75, 3.05) is 11.9 Å². The molecule has 2 N–H and O–H groups in total. The van der Waals surface area contributed by atoms with Crippen molar-refractivity contribution in [2.24, 2.45) is 0 Å². The van der Waals surface area contributed by atoms with Crippen molar-refractivity contribution in [1.82, 2.24) is 9.97 Å². The van der Waals surface area contributed by atoms with Gasteiger partial charge in [0.15, 0.2) is 5.13 Å². The zero-order chi connectivity index (χ0) is 14.4. The summed E-state index contributed by atoms with van der Waals surface area (Å²) >= 11 is 1.39. The van der Waals surface area contributed by atoms with Gasteiger partial charge in [0.2, 0.25) is 0 Å². The van der Waals surface area contributed by atoms with Crippen molar-refractivity contribution in [3.8, 4) is 11.4 Å². The van der Waals surface area contributed by atoms with Crippen molar-refractivity contribution in [3.63, 3.8) is 0 Å². The Kier molecular flexibility index (Phi) is 5.09. The summed E-state index contributed by atoms with van der Waals surface area (Å²) in [6.45, 7) is 5.82. The normalized spacial score (nSPS) is 12.1. The molecule has 20 heavy (non-hydrogen) atoms. The third-order valence-electron chi connectivity index (χ3n) is 2.67. The summed E-state index contributed by atoms with van der Waals surface area (Å²) in [6, 6.07) is 3.84. The molecule has 0 fully saturated rings. The van der Waals surface area contributed by atoms with E-state index in [4.69, 9.17) is 4.74 Å². The molecule has 1 amide bonds. The Morgan fingerprint density at radius 1 is 1.70 bits per heavy atom. The monoisotopic (exact) mass is 291 g/mol. The summed E-state index contributed by atoms with van der Waals surface area (Å²) in [6.07, 6.45) is 3.82. The number of carbonyl (C=O) groups excluding carboxylic acids is 1. The number of aromatic nitrogens is 2. The van der Waals surface area contributed by atoms with Crippen molar-refractivity contribution in [1.29, 1.82) is 0 Å². The lowest BCUT2D eigenvalue weighted by Gasteiger charge is -2.11. The van der Waals surface area contributed by atoms with Crippen LogP contribution in [0.25, 0.3) is 11.4 Å². The fraction of sp³-hybridized carbons (Fsp3) is 0.286. The standard InChI is InChI=1S/C14H17N3O2S/c1-3-4-8-19-10(2)13(18)17-14-16-12(9-20-14)11-6-5-7-15-11/h3,5-7,9-10,15H,1,4,8H2,2H3,(H,16,17,18)/t10-/m1/s1. The lowest BCUT2D eigenvalue weighted by atomic mass is 10.3. The summed E-state index contributed by atoms with van der Waals surface area (Å²) < 4.78 is 5.38. The molecule has 0 aromatic carbocycles. The van der Waals surface area contributed by atoms with Crippen LogP contribution in [0.15, 0.2) is 36.4 Å². The van der Waals surface area contributed by atoms with Crippen molar-refractivity contribution >= 4 is 22.4 Å². The van der Waals surface area contributed by atoms with E-state index >= 15 is 0 Å². The van der Waals surface area contributed by atoms with Crippen LogP contribution < -0.4 is 5.32 Å². The van der Waals surface area contributed by atoms with Gasteiger partial charge in [-0.05, 0) is 25.5 Å². The zero-order valence-electron chi connectivity index (χ0n) is 11.3. The molecular weight excluding hydrogens is 274 g/mol. The first-order chi connectivity index (χ1) is 9.70. The number of rotatable bonds is 7. The molecule has 106 valence electrons. The van der Waals surface area contributed by atoms with E-state index in [1.807, 2.05) is 23.7 Å². The maximum Gasteiger partial charge on any atom is 0.254 e. The summed E-state index contributed by atoms with van der Waals surface area (Å²) in [5.41, 5.74) is 1.74. The first kappa shape index (κ1) is 14.5. The van der Waals surface area contributed by atoms with Gasteiger partial charge in [0.05, 0.1) is 18.0 Å². The summed E-state index contributed by atoms with van der Waals surface area (Å²) in [4.78, 5) is 19.3. The quantitative estimate of drug-likeness (QED) is 0.608. The Morgan fingerprint density at radius 2 is 2.55 bits per heavy atom. The highest BCUT2D eigenvalue weighted by Gasteiger charge is 2.15. The Morgan fingerprint density at radius 3 is 3.25 bits per heavy atom. The minimum atomic E-state index is -0.507. The van der Waals surface area contributed by atoms with Crippen LogP contribution in [0.5, 0.6) is 0 Å². The van der Waals surface area contributed by atoms with E-state index in [0.717, 1.165) is 17.8 Å². The second-order valence-electron chi connectivity index (χ2n) is 4.20. The second-order valence-corrected chi connectivity index (χ2v) is 5.06. The number of ether oxygens (including phenoxy) is 1. The van der Waals surface area contributed by atoms with Crippen LogP contribution in [-0.2, 0) is 9.53 Å². The number of anilines is 1. The highest BCUT2D eigenvalue weighted by atomic mass is 32.1. The van der Waals surface area contributed by atoms with Gasteiger partial charge in [-0.1, -0.05) is 6.08 Å². The molecule has 0 aliphatic carbocycles. The molecule has 2 aromatic heterocycles. The number of hydrogen-bond donors (Lipinski definition) is 2. The maximum absolute atomic E-state index is 11.9. The van der Waals surface area contributed by atoms with E-state index in [2.05, 4.69) is 21.9 Å². The molecule has 0 saturated heterocycles. The molecule has 0 radical (unpaired) electrons. The van der Waals surface area contributed by atoms with Crippen LogP contribution in [0.1, 0.15) is 13.3 Å². The molecule has 5 nitrogen and oxygen atoms in total. The van der Waals surface area contributed by atoms with E-state index in [-0.39, 0.29) is 5.91 Å². The van der Waals surface area contributed by atoms with Crippen LogP contribution in [0.4, 0.5) is 5.13 Å². The SMILES string of the molecule is C=CCCO[C@H](C)C(=O)Nc1nc(-c2ccc[nH]2)cs1. The molecule has 6 heteroatoms. The van der Waals surface area contributed by atoms with E-state index in [0.29, 0.717) is 11.7 Å².